The summed E-state index contributed by atoms with van der Waals surface area (Å²) < 4.78 is 16.7. The highest BCUT2D eigenvalue weighted by molar-refractivity contribution is 5.30. The first kappa shape index (κ1) is 8.94. The van der Waals surface area contributed by atoms with Gasteiger partial charge in [-0.15, -0.1) is 0 Å². The molecule has 1 heterocycles. The van der Waals surface area contributed by atoms with Crippen molar-refractivity contribution in [2.24, 2.45) is 0 Å². The van der Waals surface area contributed by atoms with Crippen LogP contribution in [0.3, 0.4) is 0 Å². The summed E-state index contributed by atoms with van der Waals surface area (Å²) in [6.45, 7) is 3.02. The maximum Gasteiger partial charge on any atom is 0.248 e. The molecule has 0 aliphatic heterocycles. The molecule has 2 aromatic rings. The molecular weight excluding hydrogens is 179 g/mol. The number of hydrogen-bond donors (Lipinski definition) is 0. The van der Waals surface area contributed by atoms with Crippen molar-refractivity contribution in [2.75, 3.05) is 0 Å². The van der Waals surface area contributed by atoms with Crippen LogP contribution in [0.15, 0.2) is 43.0 Å². The van der Waals surface area contributed by atoms with E-state index in [1.165, 1.54) is 12.1 Å². The number of rotatable bonds is 2. The zero-order chi connectivity index (χ0) is 9.97. The molecule has 2 nitrogen and oxygen atoms in total. The lowest BCUT2D eigenvalue weighted by Gasteiger charge is -1.94. The molecule has 0 amide bonds. The summed E-state index contributed by atoms with van der Waals surface area (Å²) in [5.41, 5.74) is 0.971. The van der Waals surface area contributed by atoms with E-state index in [4.69, 9.17) is 0 Å². The molecule has 3 heteroatoms. The van der Waals surface area contributed by atoms with E-state index in [1.54, 1.807) is 12.1 Å². The van der Waals surface area contributed by atoms with Crippen LogP contribution in [0.1, 0.15) is 6.92 Å². The number of aryl methyl sites for hydroxylation is 1. The lowest BCUT2D eigenvalue weighted by atomic mass is 10.3. The first-order chi connectivity index (χ1) is 6.79. The lowest BCUT2D eigenvalue weighted by molar-refractivity contribution is -0.692. The van der Waals surface area contributed by atoms with Gasteiger partial charge in [0.1, 0.15) is 23.9 Å². The Balaban J connectivity index is 2.34. The number of hydrogen-bond acceptors (Lipinski definition) is 0. The van der Waals surface area contributed by atoms with Crippen LogP contribution in [0, 0.1) is 5.82 Å². The van der Waals surface area contributed by atoms with Crippen LogP contribution < -0.4 is 4.57 Å². The van der Waals surface area contributed by atoms with E-state index >= 15 is 0 Å². The Morgan fingerprint density at radius 3 is 2.57 bits per heavy atom. The second kappa shape index (κ2) is 3.62. The quantitative estimate of drug-likeness (QED) is 0.641. The molecule has 0 bridgehead atoms. The van der Waals surface area contributed by atoms with Crippen molar-refractivity contribution >= 4 is 0 Å². The van der Waals surface area contributed by atoms with Gasteiger partial charge in [-0.05, 0) is 31.2 Å². The fourth-order valence-electron chi connectivity index (χ4n) is 1.35. The van der Waals surface area contributed by atoms with E-state index in [0.29, 0.717) is 0 Å². The number of benzene rings is 1. The minimum Gasteiger partial charge on any atom is -0.237 e. The van der Waals surface area contributed by atoms with Crippen molar-refractivity contribution < 1.29 is 8.96 Å². The fraction of sp³-hybridized carbons (Fsp3) is 0.182. The summed E-state index contributed by atoms with van der Waals surface area (Å²) in [5.74, 6) is -0.204. The van der Waals surface area contributed by atoms with E-state index in [1.807, 2.05) is 23.3 Å². The number of imidazole rings is 1. The lowest BCUT2D eigenvalue weighted by Crippen LogP contribution is -2.28. The molecule has 0 N–H and O–H groups in total. The number of aromatic nitrogens is 2. The smallest absolute Gasteiger partial charge is 0.237 e. The van der Waals surface area contributed by atoms with Crippen LogP contribution in [-0.2, 0) is 6.54 Å². The molecule has 0 atom stereocenters. The highest BCUT2D eigenvalue weighted by atomic mass is 19.1. The minimum absolute atomic E-state index is 0.204. The first-order valence-corrected chi connectivity index (χ1v) is 4.62. The van der Waals surface area contributed by atoms with Crippen molar-refractivity contribution in [3.05, 3.63) is 48.8 Å². The third kappa shape index (κ3) is 1.66. The zero-order valence-electron chi connectivity index (χ0n) is 8.02. The number of halogens is 1. The predicted molar refractivity (Wildman–Crippen MR) is 51.6 cm³/mol. The molecule has 0 saturated heterocycles. The topological polar surface area (TPSA) is 8.81 Å². The van der Waals surface area contributed by atoms with Crippen molar-refractivity contribution in [3.8, 4) is 5.69 Å². The van der Waals surface area contributed by atoms with Gasteiger partial charge in [0.25, 0.3) is 0 Å². The summed E-state index contributed by atoms with van der Waals surface area (Å²) in [4.78, 5) is 0. The van der Waals surface area contributed by atoms with E-state index in [-0.39, 0.29) is 5.82 Å². The first-order valence-electron chi connectivity index (χ1n) is 4.62. The minimum atomic E-state index is -0.204. The molecule has 2 rings (SSSR count). The van der Waals surface area contributed by atoms with Crippen molar-refractivity contribution in [2.45, 2.75) is 13.5 Å². The summed E-state index contributed by atoms with van der Waals surface area (Å²) in [5, 5.41) is 0. The molecule has 0 aliphatic carbocycles. The Bertz CT molecular complexity index is 417. The van der Waals surface area contributed by atoms with E-state index < -0.39 is 0 Å². The van der Waals surface area contributed by atoms with E-state index in [0.717, 1.165) is 12.2 Å². The summed E-state index contributed by atoms with van der Waals surface area (Å²) >= 11 is 0. The van der Waals surface area contributed by atoms with Gasteiger partial charge in [-0.3, -0.25) is 0 Å². The molecule has 1 aromatic carbocycles. The average molecular weight is 191 g/mol. The second-order valence-corrected chi connectivity index (χ2v) is 3.13. The largest absolute Gasteiger partial charge is 0.248 e. The summed E-state index contributed by atoms with van der Waals surface area (Å²) in [7, 11) is 0. The molecule has 0 saturated carbocycles. The Morgan fingerprint density at radius 1 is 1.29 bits per heavy atom. The molecule has 1 aromatic heterocycles. The molecule has 0 unspecified atom stereocenters. The molecule has 0 aliphatic rings. The Hall–Kier alpha value is -1.64. The van der Waals surface area contributed by atoms with E-state index in [2.05, 4.69) is 11.5 Å². The van der Waals surface area contributed by atoms with Crippen LogP contribution in [0.5, 0.6) is 0 Å². The van der Waals surface area contributed by atoms with Crippen LogP contribution in [0.25, 0.3) is 5.69 Å². The molecule has 0 spiro atoms. The molecule has 0 radical (unpaired) electrons. The van der Waals surface area contributed by atoms with Gasteiger partial charge in [0.15, 0.2) is 0 Å². The van der Waals surface area contributed by atoms with Gasteiger partial charge in [0.2, 0.25) is 6.33 Å². The van der Waals surface area contributed by atoms with Crippen LogP contribution in [-0.4, -0.2) is 4.57 Å². The van der Waals surface area contributed by atoms with Gasteiger partial charge in [-0.2, -0.15) is 0 Å². The average Bonchev–Trinajstić information content (AvgIpc) is 2.67. The monoisotopic (exact) mass is 191 g/mol. The normalized spacial score (nSPS) is 10.4. The summed E-state index contributed by atoms with van der Waals surface area (Å²) in [6, 6.07) is 6.45. The maximum absolute atomic E-state index is 12.7. The fourth-order valence-corrected chi connectivity index (χ4v) is 1.35. The third-order valence-corrected chi connectivity index (χ3v) is 2.18. The Kier molecular flexibility index (Phi) is 2.31. The van der Waals surface area contributed by atoms with Crippen LogP contribution in [0.2, 0.25) is 0 Å². The molecule has 72 valence electrons. The van der Waals surface area contributed by atoms with Crippen molar-refractivity contribution in [1.82, 2.24) is 4.57 Å². The number of nitrogens with zero attached hydrogens (tertiary/aromatic N) is 2. The van der Waals surface area contributed by atoms with Crippen molar-refractivity contribution in [3.63, 3.8) is 0 Å². The zero-order valence-corrected chi connectivity index (χ0v) is 8.02. The van der Waals surface area contributed by atoms with Crippen molar-refractivity contribution in [1.29, 1.82) is 0 Å². The van der Waals surface area contributed by atoms with Gasteiger partial charge in [0.05, 0.1) is 6.54 Å². The summed E-state index contributed by atoms with van der Waals surface area (Å²) in [6.07, 6.45) is 5.92. The molecule has 14 heavy (non-hydrogen) atoms. The van der Waals surface area contributed by atoms with Crippen LogP contribution >= 0.6 is 0 Å². The standard InChI is InChI=1S/C11H12FN2/c1-2-13-7-8-14(9-13)11-5-3-10(12)4-6-11/h3-9H,2H2,1H3/q+1. The predicted octanol–water partition coefficient (Wildman–Crippen LogP) is 1.92. The Morgan fingerprint density at radius 2 is 2.00 bits per heavy atom. The van der Waals surface area contributed by atoms with Gasteiger partial charge in [0, 0.05) is 0 Å². The SMILES string of the molecule is CC[n+]1ccn(-c2ccc(F)cc2)c1. The van der Waals surface area contributed by atoms with Crippen LogP contribution in [0.4, 0.5) is 4.39 Å². The highest BCUT2D eigenvalue weighted by Crippen LogP contribution is 2.07. The second-order valence-electron chi connectivity index (χ2n) is 3.13. The van der Waals surface area contributed by atoms with Gasteiger partial charge in [-0.1, -0.05) is 0 Å². The molecule has 0 fully saturated rings. The highest BCUT2D eigenvalue weighted by Gasteiger charge is 2.04. The maximum atomic E-state index is 12.7. The van der Waals surface area contributed by atoms with Gasteiger partial charge < -0.3 is 0 Å². The third-order valence-electron chi connectivity index (χ3n) is 2.18. The van der Waals surface area contributed by atoms with Gasteiger partial charge in [-0.25, -0.2) is 13.5 Å². The Labute approximate surface area is 82.2 Å². The van der Waals surface area contributed by atoms with E-state index in [9.17, 15) is 4.39 Å². The molecular formula is C11H12FN2+. The van der Waals surface area contributed by atoms with Gasteiger partial charge >= 0.3 is 0 Å².